The second kappa shape index (κ2) is 10.7. The molecule has 2 unspecified atom stereocenters. The maximum Gasteiger partial charge on any atom is 0.335 e. The van der Waals surface area contributed by atoms with Crippen molar-refractivity contribution in [3.8, 4) is 11.1 Å². The summed E-state index contributed by atoms with van der Waals surface area (Å²) < 4.78 is 86.9. The second-order valence-electron chi connectivity index (χ2n) is 11.4. The van der Waals surface area contributed by atoms with Crippen LogP contribution in [0.4, 0.5) is 26.3 Å². The van der Waals surface area contributed by atoms with Crippen LogP contribution in [0.3, 0.4) is 0 Å². The Morgan fingerprint density at radius 2 is 1.85 bits per heavy atom. The Bertz CT molecular complexity index is 2020. The molecule has 2 aromatic carbocycles. The number of aromatic amines is 1. The third kappa shape index (κ3) is 5.04. The van der Waals surface area contributed by atoms with Crippen molar-refractivity contribution in [2.45, 2.75) is 43.7 Å². The number of benzene rings is 2. The minimum Gasteiger partial charge on any atom is -0.478 e. The van der Waals surface area contributed by atoms with Crippen LogP contribution in [0, 0.1) is 17.6 Å². The molecule has 9 nitrogen and oxygen atoms in total. The summed E-state index contributed by atoms with van der Waals surface area (Å²) in [5.41, 5.74) is -0.0493. The van der Waals surface area contributed by atoms with E-state index >= 15 is 8.78 Å². The van der Waals surface area contributed by atoms with Gasteiger partial charge in [0.2, 0.25) is 5.91 Å². The Kier molecular flexibility index (Phi) is 6.86. The Balaban J connectivity index is 1.31. The van der Waals surface area contributed by atoms with E-state index in [0.29, 0.717) is 32.9 Å². The van der Waals surface area contributed by atoms with Crippen molar-refractivity contribution in [1.82, 2.24) is 30.3 Å². The lowest BCUT2D eigenvalue weighted by Crippen LogP contribution is -2.35. The molecule has 0 aliphatic heterocycles. The quantitative estimate of drug-likeness (QED) is 0.169. The highest BCUT2D eigenvalue weighted by Gasteiger charge is 2.67. The van der Waals surface area contributed by atoms with Crippen LogP contribution in [-0.2, 0) is 23.7 Å². The molecule has 3 aromatic heterocycles. The molecule has 3 heterocycles. The van der Waals surface area contributed by atoms with Gasteiger partial charge in [0, 0.05) is 23.1 Å². The minimum absolute atomic E-state index is 0.0534. The Morgan fingerprint density at radius 3 is 2.57 bits per heavy atom. The van der Waals surface area contributed by atoms with E-state index in [1.165, 1.54) is 24.4 Å². The lowest BCUT2D eigenvalue weighted by atomic mass is 9.94. The maximum absolute atomic E-state index is 15.1. The van der Waals surface area contributed by atoms with Crippen molar-refractivity contribution in [2.24, 2.45) is 5.92 Å². The number of carboxylic acid groups (broad SMARTS) is 1. The van der Waals surface area contributed by atoms with Gasteiger partial charge < -0.3 is 10.4 Å². The first-order valence-electron chi connectivity index (χ1n) is 14.1. The van der Waals surface area contributed by atoms with Gasteiger partial charge in [0.15, 0.2) is 0 Å². The highest BCUT2D eigenvalue weighted by Crippen LogP contribution is 2.68. The second-order valence-corrected chi connectivity index (χ2v) is 11.4. The summed E-state index contributed by atoms with van der Waals surface area (Å²) in [6.45, 7) is -0.851. The number of carbonyl (C=O) groups excluding carboxylic acids is 1. The van der Waals surface area contributed by atoms with Gasteiger partial charge in [-0.2, -0.15) is 19.0 Å². The number of hydrogen-bond donors (Lipinski definition) is 3. The molecule has 1 amide bonds. The van der Waals surface area contributed by atoms with E-state index in [4.69, 9.17) is 0 Å². The van der Waals surface area contributed by atoms with Gasteiger partial charge in [-0.15, -0.1) is 0 Å². The summed E-state index contributed by atoms with van der Waals surface area (Å²) in [7, 11) is 0. The highest BCUT2D eigenvalue weighted by atomic mass is 19.3. The summed E-state index contributed by atoms with van der Waals surface area (Å²) in [5, 5.41) is 22.7. The van der Waals surface area contributed by atoms with Gasteiger partial charge in [0.25, 0.3) is 12.3 Å². The number of carboxylic acids is 1. The van der Waals surface area contributed by atoms with Crippen LogP contribution in [0.15, 0.2) is 54.7 Å². The number of H-pyrrole nitrogens is 1. The summed E-state index contributed by atoms with van der Waals surface area (Å²) in [5.74, 6) is -9.23. The van der Waals surface area contributed by atoms with Gasteiger partial charge in [-0.1, -0.05) is 12.1 Å². The SMILES string of the molecule is O=C(Cn1nc(C(F)F)c2c1C(F)(F)C1C[C@H]21)NC(Cc1cc(F)cc(F)c1)c1nc2cn[nH]c2cc1-c1cccc(C(=O)O)c1. The molecule has 1 saturated carbocycles. The number of nitrogens with one attached hydrogen (secondary N) is 2. The Labute approximate surface area is 255 Å². The lowest BCUT2D eigenvalue weighted by Gasteiger charge is -2.23. The van der Waals surface area contributed by atoms with E-state index in [2.05, 4.69) is 25.6 Å². The maximum atomic E-state index is 15.1. The first kappa shape index (κ1) is 29.5. The highest BCUT2D eigenvalue weighted by molar-refractivity contribution is 5.90. The van der Waals surface area contributed by atoms with Crippen molar-refractivity contribution >= 4 is 22.9 Å². The van der Waals surface area contributed by atoms with Crippen molar-refractivity contribution in [3.63, 3.8) is 0 Å². The van der Waals surface area contributed by atoms with Crippen LogP contribution in [0.2, 0.25) is 0 Å². The number of fused-ring (bicyclic) bond motifs is 4. The number of rotatable bonds is 9. The molecular formula is C31H22F6N6O3. The number of halogens is 6. The van der Waals surface area contributed by atoms with Gasteiger partial charge >= 0.3 is 5.97 Å². The van der Waals surface area contributed by atoms with Crippen molar-refractivity contribution < 1.29 is 41.0 Å². The Hall–Kier alpha value is -5.21. The largest absolute Gasteiger partial charge is 0.478 e. The molecular weight excluding hydrogens is 618 g/mol. The molecule has 5 aromatic rings. The fourth-order valence-corrected chi connectivity index (χ4v) is 6.34. The number of pyridine rings is 1. The first-order valence-corrected chi connectivity index (χ1v) is 14.1. The number of alkyl halides is 4. The number of amides is 1. The molecule has 7 rings (SSSR count). The molecule has 236 valence electrons. The molecule has 2 aliphatic rings. The van der Waals surface area contributed by atoms with Gasteiger partial charge in [-0.25, -0.2) is 27.3 Å². The predicted molar refractivity (Wildman–Crippen MR) is 149 cm³/mol. The monoisotopic (exact) mass is 640 g/mol. The normalized spacial score (nSPS) is 18.4. The fourth-order valence-electron chi connectivity index (χ4n) is 6.34. The standard InChI is InChI=1S/C31H22F6N6O3/c32-16-4-13(5-17(33)8-16)6-22(26-18(10-21-23(40-26)11-38-41-21)14-2-1-3-15(7-14)30(45)46)39-24(44)12-43-28-25(27(42-43)29(34)35)19-9-20(19)31(28,36)37/h1-5,7-8,10-11,19-20,22,29H,6,9,12H2,(H,38,41)(H,39,44)(H,45,46)/t19-,20?,22?/m0/s1. The fraction of sp³-hybridized carbons (Fsp3) is 0.258. The van der Waals surface area contributed by atoms with E-state index in [9.17, 15) is 32.3 Å². The summed E-state index contributed by atoms with van der Waals surface area (Å²) in [6.07, 6.45) is -1.93. The molecule has 46 heavy (non-hydrogen) atoms. The minimum atomic E-state index is -3.45. The number of aromatic carboxylic acids is 1. The molecule has 1 fully saturated rings. The van der Waals surface area contributed by atoms with E-state index in [0.717, 1.165) is 12.1 Å². The number of aromatic nitrogens is 5. The molecule has 3 N–H and O–H groups in total. The van der Waals surface area contributed by atoms with Crippen LogP contribution in [0.1, 0.15) is 63.4 Å². The first-order chi connectivity index (χ1) is 21.9. The number of nitrogens with zero attached hydrogens (tertiary/aromatic N) is 4. The van der Waals surface area contributed by atoms with E-state index in [1.807, 2.05) is 0 Å². The number of carbonyl (C=O) groups is 2. The van der Waals surface area contributed by atoms with Gasteiger partial charge in [0.05, 0.1) is 29.0 Å². The van der Waals surface area contributed by atoms with Crippen molar-refractivity contribution in [3.05, 3.63) is 100 Å². The van der Waals surface area contributed by atoms with Gasteiger partial charge in [-0.05, 0) is 60.2 Å². The van der Waals surface area contributed by atoms with E-state index in [1.54, 1.807) is 12.1 Å². The molecule has 0 saturated heterocycles. The van der Waals surface area contributed by atoms with Crippen LogP contribution in [-0.4, -0.2) is 41.9 Å². The van der Waals surface area contributed by atoms with E-state index in [-0.39, 0.29) is 35.2 Å². The van der Waals surface area contributed by atoms with Crippen molar-refractivity contribution in [2.75, 3.05) is 0 Å². The lowest BCUT2D eigenvalue weighted by molar-refractivity contribution is -0.123. The molecule has 0 bridgehead atoms. The third-order valence-electron chi connectivity index (χ3n) is 8.36. The van der Waals surface area contributed by atoms with Gasteiger partial charge in [0.1, 0.15) is 35.1 Å². The summed E-state index contributed by atoms with van der Waals surface area (Å²) in [6, 6.07) is 9.04. The molecule has 3 atom stereocenters. The smallest absolute Gasteiger partial charge is 0.335 e. The zero-order valence-electron chi connectivity index (χ0n) is 23.4. The van der Waals surface area contributed by atoms with Crippen LogP contribution >= 0.6 is 0 Å². The predicted octanol–water partition coefficient (Wildman–Crippen LogP) is 6.04. The average molecular weight is 641 g/mol. The zero-order chi connectivity index (χ0) is 32.5. The van der Waals surface area contributed by atoms with Gasteiger partial charge in [-0.3, -0.25) is 14.6 Å². The molecule has 0 spiro atoms. The van der Waals surface area contributed by atoms with Crippen molar-refractivity contribution in [1.29, 1.82) is 0 Å². The third-order valence-corrected chi connectivity index (χ3v) is 8.36. The van der Waals surface area contributed by atoms with Crippen LogP contribution in [0.25, 0.3) is 22.2 Å². The zero-order valence-corrected chi connectivity index (χ0v) is 23.4. The van der Waals surface area contributed by atoms with Crippen LogP contribution in [0.5, 0.6) is 0 Å². The number of hydrogen-bond acceptors (Lipinski definition) is 5. The average Bonchev–Trinajstić information content (AvgIpc) is 3.40. The summed E-state index contributed by atoms with van der Waals surface area (Å²) >= 11 is 0. The Morgan fingerprint density at radius 1 is 1.09 bits per heavy atom. The molecule has 0 radical (unpaired) electrons. The molecule has 2 aliphatic carbocycles. The molecule has 15 heteroatoms. The van der Waals surface area contributed by atoms with Crippen LogP contribution < -0.4 is 5.32 Å². The topological polar surface area (TPSA) is 126 Å². The summed E-state index contributed by atoms with van der Waals surface area (Å²) in [4.78, 5) is 29.9. The van der Waals surface area contributed by atoms with E-state index < -0.39 is 71.7 Å².